The average molecular weight is 365 g/mol. The lowest BCUT2D eigenvalue weighted by Crippen LogP contribution is -2.38. The second-order valence-electron chi connectivity index (χ2n) is 6.91. The van der Waals surface area contributed by atoms with E-state index in [4.69, 9.17) is 4.52 Å². The van der Waals surface area contributed by atoms with Crippen LogP contribution in [0.1, 0.15) is 35.8 Å². The highest BCUT2D eigenvalue weighted by molar-refractivity contribution is 5.77. The predicted octanol–water partition coefficient (Wildman–Crippen LogP) is 4.09. The van der Waals surface area contributed by atoms with Crippen molar-refractivity contribution < 1.29 is 13.7 Å². The van der Waals surface area contributed by atoms with Gasteiger partial charge in [-0.1, -0.05) is 41.6 Å². The third-order valence-electron chi connectivity index (χ3n) is 4.94. The number of hydrogen-bond donors (Lipinski definition) is 0. The normalized spacial score (nSPS) is 17.3. The largest absolute Gasteiger partial charge is 0.339 e. The van der Waals surface area contributed by atoms with Gasteiger partial charge >= 0.3 is 0 Å². The summed E-state index contributed by atoms with van der Waals surface area (Å²) in [6, 6.07) is 14.2. The van der Waals surface area contributed by atoms with Gasteiger partial charge in [-0.3, -0.25) is 4.79 Å². The van der Waals surface area contributed by atoms with Gasteiger partial charge in [0.25, 0.3) is 0 Å². The first-order chi connectivity index (χ1) is 13.1. The van der Waals surface area contributed by atoms with E-state index in [0.29, 0.717) is 37.6 Å². The monoisotopic (exact) mass is 365 g/mol. The molecule has 0 spiro atoms. The molecule has 6 heteroatoms. The van der Waals surface area contributed by atoms with Crippen LogP contribution in [0.2, 0.25) is 0 Å². The zero-order valence-corrected chi connectivity index (χ0v) is 15.1. The van der Waals surface area contributed by atoms with Crippen molar-refractivity contribution in [3.8, 4) is 11.4 Å². The van der Waals surface area contributed by atoms with E-state index < -0.39 is 0 Å². The van der Waals surface area contributed by atoms with Crippen molar-refractivity contribution in [3.05, 3.63) is 71.4 Å². The molecule has 1 aromatic heterocycles. The standard InChI is InChI=1S/C21H20FN3O2/c1-14-5-2-3-8-18(14)20-23-21(27-24-20)16-9-10-19(26)25(13-16)12-15-6-4-7-17(22)11-15/h2-8,11,16H,9-10,12-13H2,1H3. The summed E-state index contributed by atoms with van der Waals surface area (Å²) in [7, 11) is 0. The molecule has 0 radical (unpaired) electrons. The highest BCUT2D eigenvalue weighted by Gasteiger charge is 2.30. The molecular formula is C21H20FN3O2. The maximum atomic E-state index is 13.4. The Morgan fingerprint density at radius 2 is 2.07 bits per heavy atom. The first-order valence-corrected chi connectivity index (χ1v) is 9.02. The maximum absolute atomic E-state index is 13.4. The fourth-order valence-corrected chi connectivity index (χ4v) is 3.46. The van der Waals surface area contributed by atoms with E-state index in [-0.39, 0.29) is 17.6 Å². The minimum absolute atomic E-state index is 0.0125. The van der Waals surface area contributed by atoms with E-state index in [2.05, 4.69) is 10.1 Å². The number of amides is 1. The van der Waals surface area contributed by atoms with Crippen LogP contribution in [0.5, 0.6) is 0 Å². The predicted molar refractivity (Wildman–Crippen MR) is 98.3 cm³/mol. The SMILES string of the molecule is Cc1ccccc1-c1noc(C2CCC(=O)N(Cc3cccc(F)c3)C2)n1. The third-order valence-corrected chi connectivity index (χ3v) is 4.94. The van der Waals surface area contributed by atoms with Crippen LogP contribution < -0.4 is 0 Å². The van der Waals surface area contributed by atoms with Gasteiger partial charge in [0.05, 0.1) is 5.92 Å². The molecule has 1 atom stereocenters. The summed E-state index contributed by atoms with van der Waals surface area (Å²) in [6.45, 7) is 2.88. The number of carbonyl (C=O) groups is 1. The van der Waals surface area contributed by atoms with Gasteiger partial charge in [0, 0.05) is 25.1 Å². The zero-order valence-electron chi connectivity index (χ0n) is 15.1. The van der Waals surface area contributed by atoms with Crippen LogP contribution in [0.15, 0.2) is 53.1 Å². The van der Waals surface area contributed by atoms with E-state index in [1.807, 2.05) is 37.3 Å². The van der Waals surface area contributed by atoms with Crippen molar-refractivity contribution >= 4 is 5.91 Å². The van der Waals surface area contributed by atoms with Crippen molar-refractivity contribution in [2.24, 2.45) is 0 Å². The number of piperidine rings is 1. The Hall–Kier alpha value is -3.02. The molecular weight excluding hydrogens is 345 g/mol. The number of likely N-dealkylation sites (tertiary alicyclic amines) is 1. The van der Waals surface area contributed by atoms with E-state index in [1.165, 1.54) is 12.1 Å². The quantitative estimate of drug-likeness (QED) is 0.699. The van der Waals surface area contributed by atoms with Gasteiger partial charge < -0.3 is 9.42 Å². The summed E-state index contributed by atoms with van der Waals surface area (Å²) in [4.78, 5) is 18.6. The van der Waals surface area contributed by atoms with E-state index in [0.717, 1.165) is 16.7 Å². The smallest absolute Gasteiger partial charge is 0.231 e. The fourth-order valence-electron chi connectivity index (χ4n) is 3.46. The molecule has 1 amide bonds. The van der Waals surface area contributed by atoms with Gasteiger partial charge in [0.1, 0.15) is 5.82 Å². The van der Waals surface area contributed by atoms with Crippen molar-refractivity contribution in [2.45, 2.75) is 32.2 Å². The molecule has 0 aliphatic carbocycles. The van der Waals surface area contributed by atoms with Crippen molar-refractivity contribution in [1.82, 2.24) is 15.0 Å². The first kappa shape index (κ1) is 17.4. The van der Waals surface area contributed by atoms with Gasteiger partial charge in [-0.2, -0.15) is 4.98 Å². The molecule has 2 heterocycles. The molecule has 0 bridgehead atoms. The zero-order chi connectivity index (χ0) is 18.8. The van der Waals surface area contributed by atoms with Crippen LogP contribution in [-0.2, 0) is 11.3 Å². The lowest BCUT2D eigenvalue weighted by molar-refractivity contribution is -0.134. The van der Waals surface area contributed by atoms with E-state index >= 15 is 0 Å². The van der Waals surface area contributed by atoms with Crippen LogP contribution in [0.4, 0.5) is 4.39 Å². The number of nitrogens with zero attached hydrogens (tertiary/aromatic N) is 3. The molecule has 1 aliphatic rings. The minimum atomic E-state index is -0.298. The van der Waals surface area contributed by atoms with Gasteiger partial charge in [0.15, 0.2) is 0 Å². The lowest BCUT2D eigenvalue weighted by Gasteiger charge is -2.31. The lowest BCUT2D eigenvalue weighted by atomic mass is 9.97. The molecule has 0 N–H and O–H groups in total. The number of aryl methyl sites for hydroxylation is 1. The van der Waals surface area contributed by atoms with Crippen LogP contribution >= 0.6 is 0 Å². The summed E-state index contributed by atoms with van der Waals surface area (Å²) in [5.74, 6) is 0.866. The first-order valence-electron chi connectivity index (χ1n) is 9.02. The summed E-state index contributed by atoms with van der Waals surface area (Å²) in [5.41, 5.74) is 2.79. The number of halogens is 1. The summed E-state index contributed by atoms with van der Waals surface area (Å²) >= 11 is 0. The molecule has 4 rings (SSSR count). The van der Waals surface area contributed by atoms with Gasteiger partial charge in [-0.25, -0.2) is 4.39 Å². The number of benzene rings is 2. The fraction of sp³-hybridized carbons (Fsp3) is 0.286. The number of carbonyl (C=O) groups excluding carboxylic acids is 1. The van der Waals surface area contributed by atoms with E-state index in [9.17, 15) is 9.18 Å². The Bertz CT molecular complexity index is 969. The second-order valence-corrected chi connectivity index (χ2v) is 6.91. The average Bonchev–Trinajstić information content (AvgIpc) is 3.14. The number of aromatic nitrogens is 2. The number of rotatable bonds is 4. The Labute approximate surface area is 156 Å². The van der Waals surface area contributed by atoms with Crippen molar-refractivity contribution in [3.63, 3.8) is 0 Å². The third kappa shape index (κ3) is 3.74. The molecule has 2 aromatic carbocycles. The van der Waals surface area contributed by atoms with Crippen LogP contribution in [0.3, 0.4) is 0 Å². The molecule has 1 saturated heterocycles. The van der Waals surface area contributed by atoms with Crippen molar-refractivity contribution in [2.75, 3.05) is 6.54 Å². The molecule has 27 heavy (non-hydrogen) atoms. The van der Waals surface area contributed by atoms with Gasteiger partial charge in [-0.15, -0.1) is 0 Å². The molecule has 3 aromatic rings. The van der Waals surface area contributed by atoms with Crippen molar-refractivity contribution in [1.29, 1.82) is 0 Å². The molecule has 5 nitrogen and oxygen atoms in total. The summed E-state index contributed by atoms with van der Waals surface area (Å²) < 4.78 is 18.9. The Morgan fingerprint density at radius 1 is 1.22 bits per heavy atom. The van der Waals surface area contributed by atoms with Gasteiger partial charge in [0.2, 0.25) is 17.6 Å². The summed E-state index contributed by atoms with van der Waals surface area (Å²) in [6.07, 6.45) is 1.09. The Morgan fingerprint density at radius 3 is 2.89 bits per heavy atom. The second kappa shape index (κ2) is 7.31. The topological polar surface area (TPSA) is 59.2 Å². The Balaban J connectivity index is 1.51. The highest BCUT2D eigenvalue weighted by atomic mass is 19.1. The number of hydrogen-bond acceptors (Lipinski definition) is 4. The maximum Gasteiger partial charge on any atom is 0.231 e. The Kier molecular flexibility index (Phi) is 4.71. The van der Waals surface area contributed by atoms with Crippen LogP contribution in [0.25, 0.3) is 11.4 Å². The molecule has 138 valence electrons. The molecule has 0 saturated carbocycles. The van der Waals surface area contributed by atoms with Crippen LogP contribution in [0, 0.1) is 12.7 Å². The van der Waals surface area contributed by atoms with E-state index in [1.54, 1.807) is 11.0 Å². The van der Waals surface area contributed by atoms with Crippen LogP contribution in [-0.4, -0.2) is 27.5 Å². The summed E-state index contributed by atoms with van der Waals surface area (Å²) in [5, 5.41) is 4.12. The highest BCUT2D eigenvalue weighted by Crippen LogP contribution is 2.29. The molecule has 1 unspecified atom stereocenters. The minimum Gasteiger partial charge on any atom is -0.339 e. The molecule has 1 fully saturated rings. The van der Waals surface area contributed by atoms with Gasteiger partial charge in [-0.05, 0) is 36.6 Å². The molecule has 1 aliphatic heterocycles.